The average molecular weight is 365 g/mol. The Balaban J connectivity index is 2.12. The van der Waals surface area contributed by atoms with Gasteiger partial charge in [-0.15, -0.1) is 0 Å². The summed E-state index contributed by atoms with van der Waals surface area (Å²) in [6.07, 6.45) is 30.4. The summed E-state index contributed by atoms with van der Waals surface area (Å²) >= 11 is 0. The lowest BCUT2D eigenvalue weighted by Crippen LogP contribution is -2.02. The van der Waals surface area contributed by atoms with Crippen LogP contribution in [0.1, 0.15) is 128 Å². The number of carbonyl (C=O) groups is 1. The number of ether oxygens (including phenoxy) is 1. The van der Waals surface area contributed by atoms with Crippen LogP contribution in [0.3, 0.4) is 0 Å². The summed E-state index contributed by atoms with van der Waals surface area (Å²) in [4.78, 5) is 11.6. The van der Waals surface area contributed by atoms with Gasteiger partial charge in [0.15, 0.2) is 0 Å². The van der Waals surface area contributed by atoms with E-state index >= 15 is 0 Å². The standard InChI is InChI=1S/C24H44O2/c25-24-22-20-18-16-14-12-10-8-6-4-2-1-3-5-7-9-11-13-15-17-19-21-23-26-24/h20,22H,1-19,21,23H2. The van der Waals surface area contributed by atoms with Crippen LogP contribution in [-0.4, -0.2) is 12.6 Å². The van der Waals surface area contributed by atoms with Gasteiger partial charge in [0.2, 0.25) is 0 Å². The molecule has 0 unspecified atom stereocenters. The molecule has 0 fully saturated rings. The number of esters is 1. The van der Waals surface area contributed by atoms with E-state index in [4.69, 9.17) is 4.74 Å². The highest BCUT2D eigenvalue weighted by molar-refractivity contribution is 5.81. The molecule has 0 bridgehead atoms. The smallest absolute Gasteiger partial charge is 0.330 e. The molecule has 152 valence electrons. The molecule has 1 aliphatic rings. The van der Waals surface area contributed by atoms with E-state index in [0.717, 1.165) is 12.8 Å². The van der Waals surface area contributed by atoms with Crippen molar-refractivity contribution in [3.05, 3.63) is 12.2 Å². The van der Waals surface area contributed by atoms with E-state index in [1.165, 1.54) is 116 Å². The molecule has 0 aliphatic carbocycles. The van der Waals surface area contributed by atoms with Crippen molar-refractivity contribution in [1.82, 2.24) is 0 Å². The molecule has 1 rings (SSSR count). The van der Waals surface area contributed by atoms with E-state index < -0.39 is 0 Å². The Bertz CT molecular complexity index is 335. The Kier molecular flexibility index (Phi) is 17.0. The second-order valence-corrected chi connectivity index (χ2v) is 8.08. The third kappa shape index (κ3) is 16.7. The van der Waals surface area contributed by atoms with Gasteiger partial charge in [0, 0.05) is 6.08 Å². The van der Waals surface area contributed by atoms with Gasteiger partial charge in [-0.3, -0.25) is 0 Å². The predicted molar refractivity (Wildman–Crippen MR) is 112 cm³/mol. The molecule has 26 heavy (non-hydrogen) atoms. The minimum absolute atomic E-state index is 0.157. The van der Waals surface area contributed by atoms with Crippen molar-refractivity contribution in [2.24, 2.45) is 0 Å². The second-order valence-electron chi connectivity index (χ2n) is 8.08. The maximum Gasteiger partial charge on any atom is 0.330 e. The number of hydrogen-bond acceptors (Lipinski definition) is 2. The summed E-state index contributed by atoms with van der Waals surface area (Å²) in [6.45, 7) is 0.586. The summed E-state index contributed by atoms with van der Waals surface area (Å²) in [5, 5.41) is 0. The molecule has 0 aromatic heterocycles. The third-order valence-electron chi connectivity index (χ3n) is 5.51. The molecule has 1 heterocycles. The molecule has 0 N–H and O–H groups in total. The highest BCUT2D eigenvalue weighted by Crippen LogP contribution is 2.15. The quantitative estimate of drug-likeness (QED) is 0.408. The molecule has 2 heteroatoms. The van der Waals surface area contributed by atoms with Crippen LogP contribution >= 0.6 is 0 Å². The van der Waals surface area contributed by atoms with Crippen LogP contribution in [0.15, 0.2) is 12.2 Å². The first-order valence-corrected chi connectivity index (χ1v) is 11.7. The molecular formula is C24H44O2. The first-order chi connectivity index (χ1) is 12.9. The van der Waals surface area contributed by atoms with Crippen LogP contribution in [0.25, 0.3) is 0 Å². The molecule has 0 aromatic carbocycles. The first kappa shape index (κ1) is 23.2. The van der Waals surface area contributed by atoms with Crippen molar-refractivity contribution in [3.8, 4) is 0 Å². The van der Waals surface area contributed by atoms with E-state index in [1.54, 1.807) is 6.08 Å². The van der Waals surface area contributed by atoms with Gasteiger partial charge in [-0.2, -0.15) is 0 Å². The fraction of sp³-hybridized carbons (Fsp3) is 0.875. The molecular weight excluding hydrogens is 320 g/mol. The van der Waals surface area contributed by atoms with Gasteiger partial charge in [0.25, 0.3) is 0 Å². The monoisotopic (exact) mass is 364 g/mol. The Morgan fingerprint density at radius 3 is 1.27 bits per heavy atom. The summed E-state index contributed by atoms with van der Waals surface area (Å²) in [6, 6.07) is 0. The maximum absolute atomic E-state index is 11.6. The topological polar surface area (TPSA) is 26.3 Å². The van der Waals surface area contributed by atoms with Crippen LogP contribution in [0.4, 0.5) is 0 Å². The maximum atomic E-state index is 11.6. The fourth-order valence-corrected chi connectivity index (χ4v) is 3.77. The molecule has 0 saturated carbocycles. The van der Waals surface area contributed by atoms with Crippen molar-refractivity contribution < 1.29 is 9.53 Å². The zero-order valence-electron chi connectivity index (χ0n) is 17.3. The number of allylic oxidation sites excluding steroid dienone is 1. The predicted octanol–water partition coefficient (Wildman–Crippen LogP) is 7.90. The Morgan fingerprint density at radius 2 is 0.846 bits per heavy atom. The zero-order valence-corrected chi connectivity index (χ0v) is 17.3. The van der Waals surface area contributed by atoms with Gasteiger partial charge < -0.3 is 4.74 Å². The SMILES string of the molecule is O=C1C=CCCCCCCCCCCCCCCCCCCCCCO1. The normalized spacial score (nSPS) is 22.7. The van der Waals surface area contributed by atoms with Gasteiger partial charge >= 0.3 is 5.97 Å². The van der Waals surface area contributed by atoms with Crippen LogP contribution < -0.4 is 0 Å². The van der Waals surface area contributed by atoms with E-state index in [-0.39, 0.29) is 5.97 Å². The van der Waals surface area contributed by atoms with Gasteiger partial charge in [-0.05, 0) is 19.3 Å². The number of rotatable bonds is 0. The minimum atomic E-state index is -0.157. The Hall–Kier alpha value is -0.790. The zero-order chi connectivity index (χ0) is 18.5. The van der Waals surface area contributed by atoms with Crippen molar-refractivity contribution in [2.75, 3.05) is 6.61 Å². The second kappa shape index (κ2) is 19.0. The molecule has 0 radical (unpaired) electrons. The lowest BCUT2D eigenvalue weighted by Gasteiger charge is -2.04. The summed E-state index contributed by atoms with van der Waals surface area (Å²) in [5.41, 5.74) is 0. The summed E-state index contributed by atoms with van der Waals surface area (Å²) in [7, 11) is 0. The fourth-order valence-electron chi connectivity index (χ4n) is 3.77. The molecule has 2 nitrogen and oxygen atoms in total. The summed E-state index contributed by atoms with van der Waals surface area (Å²) in [5.74, 6) is -0.157. The van der Waals surface area contributed by atoms with Gasteiger partial charge in [0.1, 0.15) is 0 Å². The average Bonchev–Trinajstić information content (AvgIpc) is 2.64. The van der Waals surface area contributed by atoms with E-state index in [9.17, 15) is 4.79 Å². The first-order valence-electron chi connectivity index (χ1n) is 11.7. The van der Waals surface area contributed by atoms with Gasteiger partial charge in [-0.1, -0.05) is 115 Å². The highest BCUT2D eigenvalue weighted by Gasteiger charge is 1.98. The number of hydrogen-bond donors (Lipinski definition) is 0. The van der Waals surface area contributed by atoms with Crippen molar-refractivity contribution in [2.45, 2.75) is 128 Å². The Morgan fingerprint density at radius 1 is 0.500 bits per heavy atom. The van der Waals surface area contributed by atoms with Crippen molar-refractivity contribution in [1.29, 1.82) is 0 Å². The van der Waals surface area contributed by atoms with Crippen LogP contribution in [0, 0.1) is 0 Å². The summed E-state index contributed by atoms with van der Waals surface area (Å²) < 4.78 is 5.27. The Labute approximate surface area is 163 Å². The van der Waals surface area contributed by atoms with E-state index in [0.29, 0.717) is 6.61 Å². The van der Waals surface area contributed by atoms with E-state index in [1.807, 2.05) is 6.08 Å². The highest BCUT2D eigenvalue weighted by atomic mass is 16.5. The lowest BCUT2D eigenvalue weighted by atomic mass is 10.0. The molecule has 0 amide bonds. The van der Waals surface area contributed by atoms with Gasteiger partial charge in [-0.25, -0.2) is 4.79 Å². The van der Waals surface area contributed by atoms with Crippen molar-refractivity contribution >= 4 is 5.97 Å². The van der Waals surface area contributed by atoms with E-state index in [2.05, 4.69) is 0 Å². The van der Waals surface area contributed by atoms with Crippen LogP contribution in [-0.2, 0) is 9.53 Å². The molecule has 0 saturated heterocycles. The molecule has 1 aliphatic heterocycles. The number of cyclic esters (lactones) is 1. The van der Waals surface area contributed by atoms with Crippen LogP contribution in [0.2, 0.25) is 0 Å². The molecule has 0 aromatic rings. The van der Waals surface area contributed by atoms with Crippen molar-refractivity contribution in [3.63, 3.8) is 0 Å². The molecule has 0 atom stereocenters. The van der Waals surface area contributed by atoms with Crippen LogP contribution in [0.5, 0.6) is 0 Å². The lowest BCUT2D eigenvalue weighted by molar-refractivity contribution is -0.137. The van der Waals surface area contributed by atoms with Gasteiger partial charge in [0.05, 0.1) is 6.61 Å². The minimum Gasteiger partial charge on any atom is -0.463 e. The molecule has 0 spiro atoms. The largest absolute Gasteiger partial charge is 0.463 e. The third-order valence-corrected chi connectivity index (χ3v) is 5.51. The number of carbonyl (C=O) groups excluding carboxylic acids is 1.